The molecule has 0 bridgehead atoms. The lowest BCUT2D eigenvalue weighted by Gasteiger charge is -2.04. The van der Waals surface area contributed by atoms with Crippen molar-refractivity contribution >= 4 is 27.6 Å². The molecule has 1 aromatic heterocycles. The van der Waals surface area contributed by atoms with Gasteiger partial charge in [0.1, 0.15) is 0 Å². The van der Waals surface area contributed by atoms with Crippen LogP contribution in [-0.2, 0) is 4.74 Å². The number of hydrogen-bond donors (Lipinski definition) is 0. The van der Waals surface area contributed by atoms with Gasteiger partial charge in [-0.2, -0.15) is 0 Å². The Hall–Kier alpha value is -2.25. The number of nitrogens with zero attached hydrogens (tertiary/aromatic N) is 2. The van der Waals surface area contributed by atoms with E-state index in [-0.39, 0.29) is 5.97 Å². The van der Waals surface area contributed by atoms with Crippen LogP contribution in [-0.4, -0.2) is 23.3 Å². The van der Waals surface area contributed by atoms with Gasteiger partial charge in [0.05, 0.1) is 12.7 Å². The first-order valence-corrected chi connectivity index (χ1v) is 8.83. The molecule has 0 unspecified atom stereocenters. The van der Waals surface area contributed by atoms with Gasteiger partial charge in [-0.1, -0.05) is 35.4 Å². The summed E-state index contributed by atoms with van der Waals surface area (Å²) in [7, 11) is 4.03. The topological polar surface area (TPSA) is 65.2 Å². The van der Waals surface area contributed by atoms with E-state index in [4.69, 9.17) is 9.15 Å². The Bertz CT molecular complexity index is 806. The molecule has 3 rings (SSSR count). The normalized spacial score (nSPS) is 10.5. The molecule has 0 aliphatic heterocycles. The van der Waals surface area contributed by atoms with Crippen LogP contribution >= 0.6 is 21.6 Å². The maximum atomic E-state index is 11.7. The maximum Gasteiger partial charge on any atom is 0.339 e. The molecule has 0 saturated carbocycles. The predicted octanol–water partition coefficient (Wildman–Crippen LogP) is 4.32. The fourth-order valence-corrected chi connectivity index (χ4v) is 3.68. The van der Waals surface area contributed by atoms with E-state index in [0.717, 1.165) is 10.5 Å². The molecule has 0 N–H and O–H groups in total. The molecule has 0 fully saturated rings. The first-order valence-electron chi connectivity index (χ1n) is 6.68. The number of aromatic nitrogens is 2. The van der Waals surface area contributed by atoms with Gasteiger partial charge in [-0.3, -0.25) is 0 Å². The lowest BCUT2D eigenvalue weighted by molar-refractivity contribution is 0.0597. The van der Waals surface area contributed by atoms with Crippen LogP contribution in [0.25, 0.3) is 11.5 Å². The van der Waals surface area contributed by atoms with Crippen LogP contribution in [0.4, 0.5) is 0 Å². The highest BCUT2D eigenvalue weighted by Crippen LogP contribution is 2.39. The molecular formula is C16H12N2O3S2. The second-order valence-corrected chi connectivity index (χ2v) is 6.52. The number of carbonyl (C=O) groups is 1. The molecule has 1 heterocycles. The fraction of sp³-hybridized carbons (Fsp3) is 0.0625. The Morgan fingerprint density at radius 1 is 1.00 bits per heavy atom. The molecule has 0 saturated heterocycles. The van der Waals surface area contributed by atoms with Crippen LogP contribution in [0.5, 0.6) is 0 Å². The third-order valence-corrected chi connectivity index (χ3v) is 5.07. The highest BCUT2D eigenvalue weighted by molar-refractivity contribution is 8.76. The monoisotopic (exact) mass is 344 g/mol. The predicted molar refractivity (Wildman–Crippen MR) is 89.2 cm³/mol. The summed E-state index contributed by atoms with van der Waals surface area (Å²) in [6, 6.07) is 16.8. The van der Waals surface area contributed by atoms with Gasteiger partial charge >= 0.3 is 5.97 Å². The number of benzene rings is 2. The molecule has 7 heteroatoms. The van der Waals surface area contributed by atoms with E-state index in [1.807, 2.05) is 42.5 Å². The molecule has 2 aromatic carbocycles. The highest BCUT2D eigenvalue weighted by Gasteiger charge is 2.14. The highest BCUT2D eigenvalue weighted by atomic mass is 33.1. The van der Waals surface area contributed by atoms with Gasteiger partial charge in [-0.15, -0.1) is 5.10 Å². The summed E-state index contributed by atoms with van der Waals surface area (Å²) in [5.74, 6) is 0.0964. The summed E-state index contributed by atoms with van der Waals surface area (Å²) in [4.78, 5) is 12.5. The molecule has 0 radical (unpaired) electrons. The minimum Gasteiger partial charge on any atom is -0.465 e. The van der Waals surface area contributed by atoms with E-state index in [1.165, 1.54) is 28.7 Å². The molecule has 116 valence electrons. The Morgan fingerprint density at radius 3 is 2.52 bits per heavy atom. The Balaban J connectivity index is 1.73. The SMILES string of the molecule is COC(=O)c1ccccc1SSc1nnc(-c2ccccc2)o1. The number of methoxy groups -OCH3 is 1. The quantitative estimate of drug-likeness (QED) is 0.504. The standard InChI is InChI=1S/C16H12N2O3S2/c1-20-15(19)12-9-5-6-10-13(12)22-23-16-18-17-14(21-16)11-7-3-2-4-8-11/h2-10H,1H3. The summed E-state index contributed by atoms with van der Waals surface area (Å²) in [5, 5.41) is 8.47. The van der Waals surface area contributed by atoms with E-state index < -0.39 is 0 Å². The molecular weight excluding hydrogens is 332 g/mol. The van der Waals surface area contributed by atoms with Crippen LogP contribution < -0.4 is 0 Å². The van der Waals surface area contributed by atoms with Gasteiger partial charge in [0.15, 0.2) is 0 Å². The van der Waals surface area contributed by atoms with Crippen LogP contribution in [0.1, 0.15) is 10.4 Å². The average molecular weight is 344 g/mol. The number of rotatable bonds is 5. The second-order valence-electron chi connectivity index (χ2n) is 4.39. The summed E-state index contributed by atoms with van der Waals surface area (Å²) < 4.78 is 10.4. The van der Waals surface area contributed by atoms with Crippen LogP contribution in [0, 0.1) is 0 Å². The third-order valence-electron chi connectivity index (χ3n) is 2.92. The van der Waals surface area contributed by atoms with Gasteiger partial charge in [-0.05, 0) is 35.1 Å². The lowest BCUT2D eigenvalue weighted by Crippen LogP contribution is -2.02. The minimum absolute atomic E-state index is 0.371. The van der Waals surface area contributed by atoms with E-state index in [1.54, 1.807) is 12.1 Å². The van der Waals surface area contributed by atoms with Gasteiger partial charge in [0.25, 0.3) is 5.22 Å². The Kier molecular flexibility index (Phi) is 4.99. The van der Waals surface area contributed by atoms with Crippen molar-refractivity contribution in [2.45, 2.75) is 10.1 Å². The van der Waals surface area contributed by atoms with Crippen LogP contribution in [0.3, 0.4) is 0 Å². The molecule has 0 spiro atoms. The first-order chi connectivity index (χ1) is 11.3. The van der Waals surface area contributed by atoms with Gasteiger partial charge in [0.2, 0.25) is 5.89 Å². The van der Waals surface area contributed by atoms with Gasteiger partial charge < -0.3 is 9.15 Å². The van der Waals surface area contributed by atoms with Crippen molar-refractivity contribution in [1.29, 1.82) is 0 Å². The average Bonchev–Trinajstić information content (AvgIpc) is 3.09. The molecule has 0 aliphatic rings. The molecule has 0 aliphatic carbocycles. The molecule has 0 atom stereocenters. The summed E-state index contributed by atoms with van der Waals surface area (Å²) in [6.07, 6.45) is 0. The molecule has 3 aromatic rings. The third kappa shape index (κ3) is 3.75. The summed E-state index contributed by atoms with van der Waals surface area (Å²) in [6.45, 7) is 0. The molecule has 0 amide bonds. The van der Waals surface area contributed by atoms with E-state index in [2.05, 4.69) is 10.2 Å². The van der Waals surface area contributed by atoms with Crippen molar-refractivity contribution in [1.82, 2.24) is 10.2 Å². The fourth-order valence-electron chi connectivity index (χ4n) is 1.84. The summed E-state index contributed by atoms with van der Waals surface area (Å²) in [5.41, 5.74) is 1.38. The van der Waals surface area contributed by atoms with E-state index in [9.17, 15) is 4.79 Å². The number of esters is 1. The largest absolute Gasteiger partial charge is 0.465 e. The van der Waals surface area contributed by atoms with Crippen molar-refractivity contribution in [3.05, 3.63) is 60.2 Å². The van der Waals surface area contributed by atoms with Crippen molar-refractivity contribution in [3.8, 4) is 11.5 Å². The van der Waals surface area contributed by atoms with E-state index in [0.29, 0.717) is 16.7 Å². The second kappa shape index (κ2) is 7.34. The maximum absolute atomic E-state index is 11.7. The van der Waals surface area contributed by atoms with E-state index >= 15 is 0 Å². The van der Waals surface area contributed by atoms with Crippen LogP contribution in [0.2, 0.25) is 0 Å². The smallest absolute Gasteiger partial charge is 0.339 e. The zero-order chi connectivity index (χ0) is 16.1. The van der Waals surface area contributed by atoms with Crippen molar-refractivity contribution in [2.24, 2.45) is 0 Å². The Morgan fingerprint density at radius 2 is 1.74 bits per heavy atom. The number of hydrogen-bond acceptors (Lipinski definition) is 7. The lowest BCUT2D eigenvalue weighted by atomic mass is 10.2. The molecule has 5 nitrogen and oxygen atoms in total. The van der Waals surface area contributed by atoms with Crippen LogP contribution in [0.15, 0.2) is 69.1 Å². The van der Waals surface area contributed by atoms with Gasteiger partial charge in [-0.25, -0.2) is 4.79 Å². The summed E-state index contributed by atoms with van der Waals surface area (Å²) >= 11 is 0. The molecule has 23 heavy (non-hydrogen) atoms. The first kappa shape index (κ1) is 15.6. The number of ether oxygens (including phenoxy) is 1. The van der Waals surface area contributed by atoms with Crippen molar-refractivity contribution < 1.29 is 13.9 Å². The zero-order valence-electron chi connectivity index (χ0n) is 12.1. The Labute approximate surface area is 140 Å². The number of carbonyl (C=O) groups excluding carboxylic acids is 1. The van der Waals surface area contributed by atoms with Crippen molar-refractivity contribution in [2.75, 3.05) is 7.11 Å². The minimum atomic E-state index is -0.371. The van der Waals surface area contributed by atoms with Crippen molar-refractivity contribution in [3.63, 3.8) is 0 Å². The van der Waals surface area contributed by atoms with Gasteiger partial charge in [0, 0.05) is 21.3 Å². The zero-order valence-corrected chi connectivity index (χ0v) is 13.8.